The van der Waals surface area contributed by atoms with Gasteiger partial charge >= 0.3 is 0 Å². The van der Waals surface area contributed by atoms with Crippen LogP contribution >= 0.6 is 11.3 Å². The Morgan fingerprint density at radius 3 is 2.63 bits per heavy atom. The second-order valence-electron chi connectivity index (χ2n) is 5.93. The van der Waals surface area contributed by atoms with E-state index in [1.807, 2.05) is 36.6 Å². The van der Waals surface area contributed by atoms with Gasteiger partial charge in [-0.3, -0.25) is 9.89 Å². The molecule has 0 saturated heterocycles. The number of benzene rings is 2. The predicted octanol–water partition coefficient (Wildman–Crippen LogP) is 4.90. The summed E-state index contributed by atoms with van der Waals surface area (Å²) in [5.41, 5.74) is 3.97. The van der Waals surface area contributed by atoms with Crippen molar-refractivity contribution in [3.63, 3.8) is 0 Å². The summed E-state index contributed by atoms with van der Waals surface area (Å²) in [6, 6.07) is 15.1. The fourth-order valence-corrected chi connectivity index (χ4v) is 3.31. The van der Waals surface area contributed by atoms with E-state index < -0.39 is 0 Å². The number of amides is 1. The van der Waals surface area contributed by atoms with Crippen LogP contribution in [-0.4, -0.2) is 21.1 Å². The van der Waals surface area contributed by atoms with E-state index in [9.17, 15) is 9.18 Å². The molecule has 2 N–H and O–H groups in total. The highest BCUT2D eigenvalue weighted by atomic mass is 32.1. The first-order valence-electron chi connectivity index (χ1n) is 8.24. The smallest absolute Gasteiger partial charge is 0.273 e. The molecule has 0 aliphatic carbocycles. The molecule has 5 nitrogen and oxygen atoms in total. The van der Waals surface area contributed by atoms with Gasteiger partial charge in [-0.25, -0.2) is 9.37 Å². The van der Waals surface area contributed by atoms with Gasteiger partial charge in [0.15, 0.2) is 0 Å². The van der Waals surface area contributed by atoms with Crippen molar-refractivity contribution in [2.45, 2.75) is 6.92 Å². The summed E-state index contributed by atoms with van der Waals surface area (Å²) >= 11 is 1.56. The molecule has 0 unspecified atom stereocenters. The van der Waals surface area contributed by atoms with Gasteiger partial charge in [0.2, 0.25) is 0 Å². The number of hydrogen-bond donors (Lipinski definition) is 2. The van der Waals surface area contributed by atoms with Gasteiger partial charge in [-0.1, -0.05) is 18.2 Å². The van der Waals surface area contributed by atoms with Crippen LogP contribution in [0, 0.1) is 12.7 Å². The second-order valence-corrected chi connectivity index (χ2v) is 6.99. The van der Waals surface area contributed by atoms with E-state index in [0.717, 1.165) is 21.8 Å². The quantitative estimate of drug-likeness (QED) is 0.531. The van der Waals surface area contributed by atoms with Gasteiger partial charge < -0.3 is 5.32 Å². The summed E-state index contributed by atoms with van der Waals surface area (Å²) in [6.45, 7) is 1.94. The maximum atomic E-state index is 13.1. The lowest BCUT2D eigenvalue weighted by Crippen LogP contribution is -2.13. The van der Waals surface area contributed by atoms with E-state index >= 15 is 0 Å². The van der Waals surface area contributed by atoms with Crippen molar-refractivity contribution in [1.29, 1.82) is 0 Å². The third kappa shape index (κ3) is 3.63. The molecule has 0 aliphatic heterocycles. The number of para-hydroxylation sites is 1. The molecule has 0 radical (unpaired) electrons. The number of aromatic nitrogens is 3. The number of aryl methyl sites for hydroxylation is 1. The molecule has 2 aromatic heterocycles. The van der Waals surface area contributed by atoms with E-state index in [-0.39, 0.29) is 11.7 Å². The van der Waals surface area contributed by atoms with Gasteiger partial charge in [0.25, 0.3) is 5.91 Å². The Hall–Kier alpha value is -3.32. The number of nitrogens with zero attached hydrogens (tertiary/aromatic N) is 2. The number of carbonyl (C=O) groups excluding carboxylic acids is 1. The molecular formula is C20H15FN4OS. The Morgan fingerprint density at radius 2 is 1.89 bits per heavy atom. The SMILES string of the molecule is Cc1nc(-c2ccccc2NC(=O)c2cc(-c3ccc(F)cc3)n[nH]2)cs1. The van der Waals surface area contributed by atoms with Gasteiger partial charge in [0.1, 0.15) is 11.5 Å². The van der Waals surface area contributed by atoms with E-state index in [4.69, 9.17) is 0 Å². The van der Waals surface area contributed by atoms with Gasteiger partial charge in [0, 0.05) is 16.5 Å². The Morgan fingerprint density at radius 1 is 1.11 bits per heavy atom. The van der Waals surface area contributed by atoms with Crippen LogP contribution in [0.4, 0.5) is 10.1 Å². The first-order valence-corrected chi connectivity index (χ1v) is 9.12. The van der Waals surface area contributed by atoms with Crippen LogP contribution < -0.4 is 5.32 Å². The maximum Gasteiger partial charge on any atom is 0.273 e. The number of H-pyrrole nitrogens is 1. The highest BCUT2D eigenvalue weighted by Crippen LogP contribution is 2.29. The number of nitrogens with one attached hydrogen (secondary N) is 2. The number of thiazole rings is 1. The van der Waals surface area contributed by atoms with Crippen LogP contribution in [0.15, 0.2) is 60.0 Å². The summed E-state index contributed by atoms with van der Waals surface area (Å²) < 4.78 is 13.1. The third-order valence-electron chi connectivity index (χ3n) is 4.03. The molecule has 2 heterocycles. The normalized spacial score (nSPS) is 10.7. The predicted molar refractivity (Wildman–Crippen MR) is 104 cm³/mol. The molecule has 0 bridgehead atoms. The highest BCUT2D eigenvalue weighted by Gasteiger charge is 2.14. The van der Waals surface area contributed by atoms with E-state index in [1.54, 1.807) is 29.5 Å². The number of halogens is 1. The zero-order valence-electron chi connectivity index (χ0n) is 14.4. The zero-order valence-corrected chi connectivity index (χ0v) is 15.2. The van der Waals surface area contributed by atoms with Crippen molar-refractivity contribution in [2.75, 3.05) is 5.32 Å². The van der Waals surface area contributed by atoms with Gasteiger partial charge in [-0.2, -0.15) is 5.10 Å². The lowest BCUT2D eigenvalue weighted by Gasteiger charge is -2.08. The Balaban J connectivity index is 1.58. The van der Waals surface area contributed by atoms with E-state index in [2.05, 4.69) is 20.5 Å². The Kier molecular flexibility index (Phi) is 4.52. The number of aromatic amines is 1. The van der Waals surface area contributed by atoms with Crippen molar-refractivity contribution in [3.8, 4) is 22.5 Å². The van der Waals surface area contributed by atoms with Crippen molar-refractivity contribution < 1.29 is 9.18 Å². The molecular weight excluding hydrogens is 363 g/mol. The number of rotatable bonds is 4. The molecule has 134 valence electrons. The number of carbonyl (C=O) groups is 1. The van der Waals surface area contributed by atoms with Crippen LogP contribution in [0.3, 0.4) is 0 Å². The largest absolute Gasteiger partial charge is 0.320 e. The minimum atomic E-state index is -0.318. The molecule has 1 amide bonds. The molecule has 0 atom stereocenters. The van der Waals surface area contributed by atoms with Crippen molar-refractivity contribution in [3.05, 3.63) is 76.5 Å². The molecule has 0 fully saturated rings. The molecule has 4 rings (SSSR count). The van der Waals surface area contributed by atoms with Crippen molar-refractivity contribution in [2.24, 2.45) is 0 Å². The van der Waals surface area contributed by atoms with Gasteiger partial charge in [0.05, 0.1) is 22.1 Å². The summed E-state index contributed by atoms with van der Waals surface area (Å²) in [5.74, 6) is -0.628. The molecule has 0 saturated carbocycles. The number of anilines is 1. The monoisotopic (exact) mass is 378 g/mol. The average Bonchev–Trinajstić information content (AvgIpc) is 3.32. The molecule has 7 heteroatoms. The molecule has 0 spiro atoms. The minimum absolute atomic E-state index is 0.310. The van der Waals surface area contributed by atoms with Crippen LogP contribution in [-0.2, 0) is 0 Å². The molecule has 27 heavy (non-hydrogen) atoms. The van der Waals surface area contributed by atoms with Crippen LogP contribution in [0.2, 0.25) is 0 Å². The second kappa shape index (κ2) is 7.13. The topological polar surface area (TPSA) is 70.7 Å². The summed E-state index contributed by atoms with van der Waals surface area (Å²) in [6.07, 6.45) is 0. The molecule has 2 aromatic carbocycles. The Labute approximate surface area is 158 Å². The standard InChI is InChI=1S/C20H15FN4OS/c1-12-22-19(11-27-12)15-4-2-3-5-16(15)23-20(26)18-10-17(24-25-18)13-6-8-14(21)9-7-13/h2-11H,1H3,(H,23,26)(H,24,25). The van der Waals surface area contributed by atoms with Crippen LogP contribution in [0.25, 0.3) is 22.5 Å². The minimum Gasteiger partial charge on any atom is -0.320 e. The first kappa shape index (κ1) is 17.1. The lowest BCUT2D eigenvalue weighted by atomic mass is 10.1. The number of hydrogen-bond acceptors (Lipinski definition) is 4. The lowest BCUT2D eigenvalue weighted by molar-refractivity contribution is 0.102. The van der Waals surface area contributed by atoms with Crippen LogP contribution in [0.5, 0.6) is 0 Å². The first-order chi connectivity index (χ1) is 13.1. The fourth-order valence-electron chi connectivity index (χ4n) is 2.70. The van der Waals surface area contributed by atoms with E-state index in [1.165, 1.54) is 12.1 Å². The van der Waals surface area contributed by atoms with Gasteiger partial charge in [-0.05, 0) is 43.3 Å². The molecule has 0 aliphatic rings. The summed E-state index contributed by atoms with van der Waals surface area (Å²) in [5, 5.41) is 12.7. The highest BCUT2D eigenvalue weighted by molar-refractivity contribution is 7.09. The van der Waals surface area contributed by atoms with Gasteiger partial charge in [-0.15, -0.1) is 11.3 Å². The summed E-state index contributed by atoms with van der Waals surface area (Å²) in [7, 11) is 0. The van der Waals surface area contributed by atoms with Crippen molar-refractivity contribution >= 4 is 22.9 Å². The summed E-state index contributed by atoms with van der Waals surface area (Å²) in [4.78, 5) is 17.1. The van der Waals surface area contributed by atoms with Crippen molar-refractivity contribution in [1.82, 2.24) is 15.2 Å². The maximum absolute atomic E-state index is 13.1. The average molecular weight is 378 g/mol. The Bertz CT molecular complexity index is 1100. The zero-order chi connectivity index (χ0) is 18.8. The fraction of sp³-hybridized carbons (Fsp3) is 0.0500. The van der Waals surface area contributed by atoms with E-state index in [0.29, 0.717) is 17.1 Å². The van der Waals surface area contributed by atoms with Crippen LogP contribution in [0.1, 0.15) is 15.5 Å². The molecule has 4 aromatic rings. The third-order valence-corrected chi connectivity index (χ3v) is 4.81.